The summed E-state index contributed by atoms with van der Waals surface area (Å²) in [6.45, 7) is 2.35. The van der Waals surface area contributed by atoms with Crippen LogP contribution >= 0.6 is 11.6 Å². The number of rotatable bonds is 5. The molecule has 2 aromatic rings. The minimum Gasteiger partial charge on any atom is -0.493 e. The number of nitrogens with zero attached hydrogens (tertiary/aromatic N) is 1. The Balaban J connectivity index is 2.11. The molecular formula is C16H14ClFN2O2. The molecule has 0 fully saturated rings. The molecule has 0 unspecified atom stereocenters. The number of hydrogen-bond acceptors (Lipinski definition) is 3. The van der Waals surface area contributed by atoms with E-state index in [-0.39, 0.29) is 5.56 Å². The predicted molar refractivity (Wildman–Crippen MR) is 84.1 cm³/mol. The van der Waals surface area contributed by atoms with Gasteiger partial charge in [-0.15, -0.1) is 0 Å². The van der Waals surface area contributed by atoms with Gasteiger partial charge in [-0.1, -0.05) is 23.7 Å². The topological polar surface area (TPSA) is 50.7 Å². The van der Waals surface area contributed by atoms with Crippen LogP contribution in [0.5, 0.6) is 5.75 Å². The molecule has 0 radical (unpaired) electrons. The molecule has 0 aromatic heterocycles. The fourth-order valence-electron chi connectivity index (χ4n) is 1.77. The lowest BCUT2D eigenvalue weighted by atomic mass is 10.2. The fraction of sp³-hybridized carbons (Fsp3) is 0.125. The lowest BCUT2D eigenvalue weighted by molar-refractivity contribution is 0.0951. The van der Waals surface area contributed by atoms with E-state index in [1.54, 1.807) is 24.3 Å². The van der Waals surface area contributed by atoms with E-state index in [0.717, 1.165) is 0 Å². The summed E-state index contributed by atoms with van der Waals surface area (Å²) in [5.41, 5.74) is 2.81. The molecular weight excluding hydrogens is 307 g/mol. The molecule has 0 aliphatic carbocycles. The zero-order valence-electron chi connectivity index (χ0n) is 11.8. The molecule has 0 aliphatic rings. The number of nitrogens with one attached hydrogen (secondary N) is 1. The molecule has 0 saturated carbocycles. The molecule has 4 nitrogen and oxygen atoms in total. The Morgan fingerprint density at radius 2 is 2.14 bits per heavy atom. The lowest BCUT2D eigenvalue weighted by Crippen LogP contribution is -2.19. The van der Waals surface area contributed by atoms with Crippen LogP contribution in [-0.4, -0.2) is 18.7 Å². The first kappa shape index (κ1) is 16.0. The van der Waals surface area contributed by atoms with Gasteiger partial charge in [-0.25, -0.2) is 9.82 Å². The Bertz CT molecular complexity index is 704. The van der Waals surface area contributed by atoms with Crippen LogP contribution in [0, 0.1) is 5.82 Å². The molecule has 0 saturated heterocycles. The van der Waals surface area contributed by atoms with Gasteiger partial charge in [0.25, 0.3) is 5.91 Å². The summed E-state index contributed by atoms with van der Waals surface area (Å²) in [4.78, 5) is 11.8. The summed E-state index contributed by atoms with van der Waals surface area (Å²) in [6, 6.07) is 10.7. The van der Waals surface area contributed by atoms with Crippen LogP contribution in [0.15, 0.2) is 47.6 Å². The van der Waals surface area contributed by atoms with Gasteiger partial charge in [0.2, 0.25) is 0 Å². The van der Waals surface area contributed by atoms with E-state index >= 15 is 0 Å². The molecule has 1 amide bonds. The van der Waals surface area contributed by atoms with Crippen LogP contribution in [0.3, 0.4) is 0 Å². The molecule has 6 heteroatoms. The van der Waals surface area contributed by atoms with Crippen molar-refractivity contribution in [3.63, 3.8) is 0 Å². The average molecular weight is 321 g/mol. The van der Waals surface area contributed by atoms with Crippen molar-refractivity contribution in [2.24, 2.45) is 5.10 Å². The highest BCUT2D eigenvalue weighted by atomic mass is 35.5. The van der Waals surface area contributed by atoms with Gasteiger partial charge in [0, 0.05) is 10.6 Å². The second-order valence-corrected chi connectivity index (χ2v) is 4.73. The van der Waals surface area contributed by atoms with Crippen LogP contribution < -0.4 is 10.2 Å². The van der Waals surface area contributed by atoms with Crippen LogP contribution in [0.2, 0.25) is 5.02 Å². The van der Waals surface area contributed by atoms with E-state index in [2.05, 4.69) is 10.5 Å². The van der Waals surface area contributed by atoms with Crippen molar-refractivity contribution in [1.29, 1.82) is 0 Å². The first-order chi connectivity index (χ1) is 10.6. The van der Waals surface area contributed by atoms with Gasteiger partial charge in [-0.05, 0) is 37.3 Å². The number of amides is 1. The predicted octanol–water partition coefficient (Wildman–Crippen LogP) is 3.64. The standard InChI is InChI=1S/C16H14ClFN2O2/c1-2-22-15-8-7-12(17)9-11(15)10-19-20-16(21)13-5-3-4-6-14(13)18/h3-10H,2H2,1H3,(H,20,21)/b19-10-. The SMILES string of the molecule is CCOc1ccc(Cl)cc1/C=N\NC(=O)c1ccccc1F. The van der Waals surface area contributed by atoms with E-state index in [9.17, 15) is 9.18 Å². The van der Waals surface area contributed by atoms with Gasteiger partial charge >= 0.3 is 0 Å². The highest BCUT2D eigenvalue weighted by Crippen LogP contribution is 2.21. The van der Waals surface area contributed by atoms with Crippen molar-refractivity contribution in [3.05, 3.63) is 64.4 Å². The minimum atomic E-state index is -0.630. The van der Waals surface area contributed by atoms with Gasteiger partial charge in [0.05, 0.1) is 18.4 Å². The molecule has 2 aromatic carbocycles. The second kappa shape index (κ2) is 7.56. The number of hydrazone groups is 1. The Morgan fingerprint density at radius 3 is 2.86 bits per heavy atom. The third-order valence-corrected chi connectivity index (χ3v) is 2.99. The average Bonchev–Trinajstić information content (AvgIpc) is 2.50. The van der Waals surface area contributed by atoms with Gasteiger partial charge < -0.3 is 4.74 Å². The minimum absolute atomic E-state index is 0.0734. The van der Waals surface area contributed by atoms with E-state index in [0.29, 0.717) is 22.9 Å². The third kappa shape index (κ3) is 4.05. The molecule has 0 aliphatic heterocycles. The Hall–Kier alpha value is -2.40. The van der Waals surface area contributed by atoms with Gasteiger partial charge in [0.1, 0.15) is 11.6 Å². The maximum absolute atomic E-state index is 13.5. The van der Waals surface area contributed by atoms with Crippen LogP contribution in [0.25, 0.3) is 0 Å². The fourth-order valence-corrected chi connectivity index (χ4v) is 1.95. The number of carbonyl (C=O) groups excluding carboxylic acids is 1. The maximum Gasteiger partial charge on any atom is 0.274 e. The number of hydrogen-bond donors (Lipinski definition) is 1. The van der Waals surface area contributed by atoms with E-state index in [1.807, 2.05) is 6.92 Å². The van der Waals surface area contributed by atoms with Crippen molar-refractivity contribution < 1.29 is 13.9 Å². The molecule has 0 atom stereocenters. The lowest BCUT2D eigenvalue weighted by Gasteiger charge is -2.07. The quantitative estimate of drug-likeness (QED) is 0.675. The van der Waals surface area contributed by atoms with Crippen LogP contribution in [0.4, 0.5) is 4.39 Å². The smallest absolute Gasteiger partial charge is 0.274 e. The Morgan fingerprint density at radius 1 is 1.36 bits per heavy atom. The van der Waals surface area contributed by atoms with E-state index in [4.69, 9.17) is 16.3 Å². The van der Waals surface area contributed by atoms with Crippen molar-refractivity contribution >= 4 is 23.7 Å². The first-order valence-electron chi connectivity index (χ1n) is 6.62. The van der Waals surface area contributed by atoms with E-state index < -0.39 is 11.7 Å². The van der Waals surface area contributed by atoms with Gasteiger partial charge in [-0.3, -0.25) is 4.79 Å². The van der Waals surface area contributed by atoms with Crippen LogP contribution in [-0.2, 0) is 0 Å². The third-order valence-electron chi connectivity index (χ3n) is 2.76. The summed E-state index contributed by atoms with van der Waals surface area (Å²) in [6.07, 6.45) is 1.40. The number of ether oxygens (including phenoxy) is 1. The van der Waals surface area contributed by atoms with E-state index in [1.165, 1.54) is 24.4 Å². The van der Waals surface area contributed by atoms with Crippen molar-refractivity contribution in [2.45, 2.75) is 6.92 Å². The Kier molecular flexibility index (Phi) is 5.49. The van der Waals surface area contributed by atoms with Gasteiger partial charge in [0.15, 0.2) is 0 Å². The summed E-state index contributed by atoms with van der Waals surface area (Å²) in [5.74, 6) is -0.641. The molecule has 22 heavy (non-hydrogen) atoms. The van der Waals surface area contributed by atoms with Gasteiger partial charge in [-0.2, -0.15) is 5.10 Å². The van der Waals surface area contributed by atoms with Crippen molar-refractivity contribution in [2.75, 3.05) is 6.61 Å². The molecule has 0 bridgehead atoms. The van der Waals surface area contributed by atoms with Crippen molar-refractivity contribution in [1.82, 2.24) is 5.43 Å². The normalized spacial score (nSPS) is 10.7. The number of benzene rings is 2. The summed E-state index contributed by atoms with van der Waals surface area (Å²) in [7, 11) is 0. The van der Waals surface area contributed by atoms with Crippen LogP contribution in [0.1, 0.15) is 22.8 Å². The number of halogens is 2. The highest BCUT2D eigenvalue weighted by Gasteiger charge is 2.09. The summed E-state index contributed by atoms with van der Waals surface area (Å²) >= 11 is 5.92. The maximum atomic E-state index is 13.5. The number of carbonyl (C=O) groups is 1. The molecule has 0 heterocycles. The first-order valence-corrected chi connectivity index (χ1v) is 7.00. The Labute approximate surface area is 132 Å². The highest BCUT2D eigenvalue weighted by molar-refractivity contribution is 6.30. The monoisotopic (exact) mass is 320 g/mol. The molecule has 114 valence electrons. The second-order valence-electron chi connectivity index (χ2n) is 4.29. The molecule has 0 spiro atoms. The summed E-state index contributed by atoms with van der Waals surface area (Å²) < 4.78 is 18.9. The molecule has 1 N–H and O–H groups in total. The zero-order chi connectivity index (χ0) is 15.9. The molecule has 2 rings (SSSR count). The largest absolute Gasteiger partial charge is 0.493 e. The summed E-state index contributed by atoms with van der Waals surface area (Å²) in [5, 5.41) is 4.33. The van der Waals surface area contributed by atoms with Crippen molar-refractivity contribution in [3.8, 4) is 5.75 Å². The zero-order valence-corrected chi connectivity index (χ0v) is 12.6.